The third kappa shape index (κ3) is 3.29. The molecule has 3 heteroatoms. The van der Waals surface area contributed by atoms with Gasteiger partial charge >= 0.3 is 0 Å². The molecule has 0 unspecified atom stereocenters. The lowest BCUT2D eigenvalue weighted by atomic mass is 10.0. The van der Waals surface area contributed by atoms with E-state index in [0.29, 0.717) is 11.4 Å². The molecule has 1 amide bonds. The number of hydrogen-bond donors (Lipinski definition) is 1. The molecule has 0 atom stereocenters. The van der Waals surface area contributed by atoms with Crippen molar-refractivity contribution in [3.63, 3.8) is 0 Å². The molecule has 0 saturated heterocycles. The lowest BCUT2D eigenvalue weighted by Crippen LogP contribution is -2.15. The van der Waals surface area contributed by atoms with E-state index < -0.39 is 0 Å². The first-order valence-corrected chi connectivity index (χ1v) is 7.53. The van der Waals surface area contributed by atoms with Crippen molar-refractivity contribution in [3.05, 3.63) is 76.8 Å². The minimum atomic E-state index is -0.0411. The van der Waals surface area contributed by atoms with Crippen LogP contribution in [0.2, 0.25) is 5.02 Å². The molecule has 3 rings (SSSR count). The maximum absolute atomic E-state index is 12.2. The Kier molecular flexibility index (Phi) is 4.12. The number of fused-ring (bicyclic) bond motifs is 1. The fourth-order valence-electron chi connectivity index (χ4n) is 2.46. The second kappa shape index (κ2) is 6.20. The van der Waals surface area contributed by atoms with Crippen molar-refractivity contribution in [2.45, 2.75) is 13.3 Å². The van der Waals surface area contributed by atoms with Crippen molar-refractivity contribution in [2.24, 2.45) is 0 Å². The Labute approximate surface area is 134 Å². The molecule has 0 aliphatic rings. The third-order valence-electron chi connectivity index (χ3n) is 3.65. The van der Waals surface area contributed by atoms with E-state index in [2.05, 4.69) is 23.5 Å². The molecule has 0 saturated carbocycles. The number of hydrogen-bond acceptors (Lipinski definition) is 1. The number of nitrogens with one attached hydrogen (secondary N) is 1. The third-order valence-corrected chi connectivity index (χ3v) is 3.89. The molecule has 0 fully saturated rings. The van der Waals surface area contributed by atoms with E-state index in [-0.39, 0.29) is 5.91 Å². The zero-order valence-corrected chi connectivity index (χ0v) is 13.0. The predicted octanol–water partition coefficient (Wildman–Crippen LogP) is 4.98. The Morgan fingerprint density at radius 3 is 2.59 bits per heavy atom. The Balaban J connectivity index is 1.76. The van der Waals surface area contributed by atoms with Gasteiger partial charge in [0.25, 0.3) is 0 Å². The summed E-state index contributed by atoms with van der Waals surface area (Å²) in [6.45, 7) is 1.95. The van der Waals surface area contributed by atoms with E-state index in [9.17, 15) is 4.79 Å². The second-order valence-electron chi connectivity index (χ2n) is 5.37. The Bertz CT molecular complexity index is 842. The number of carbonyl (C=O) groups excluding carboxylic acids is 1. The van der Waals surface area contributed by atoms with Crippen LogP contribution in [0, 0.1) is 6.92 Å². The first-order chi connectivity index (χ1) is 10.6. The molecule has 0 radical (unpaired) electrons. The molecular formula is C19H16ClNO. The smallest absolute Gasteiger partial charge is 0.228 e. The number of anilines is 1. The molecule has 0 aliphatic carbocycles. The minimum absolute atomic E-state index is 0.0411. The van der Waals surface area contributed by atoms with E-state index in [1.165, 1.54) is 5.39 Å². The van der Waals surface area contributed by atoms with Gasteiger partial charge in [0.15, 0.2) is 0 Å². The van der Waals surface area contributed by atoms with Crippen molar-refractivity contribution in [1.82, 2.24) is 0 Å². The normalized spacial score (nSPS) is 10.6. The first kappa shape index (κ1) is 14.6. The lowest BCUT2D eigenvalue weighted by Gasteiger charge is -2.09. The number of halogens is 1. The number of amides is 1. The molecule has 0 aliphatic heterocycles. The van der Waals surface area contributed by atoms with Crippen LogP contribution in [0.15, 0.2) is 60.7 Å². The van der Waals surface area contributed by atoms with Crippen molar-refractivity contribution >= 4 is 34.0 Å². The largest absolute Gasteiger partial charge is 0.326 e. The highest BCUT2D eigenvalue weighted by Crippen LogP contribution is 2.21. The minimum Gasteiger partial charge on any atom is -0.326 e. The van der Waals surface area contributed by atoms with Crippen LogP contribution >= 0.6 is 11.6 Å². The molecule has 3 aromatic carbocycles. The SMILES string of the molecule is Cc1ccc(Cl)cc1NC(=O)Cc1ccc2ccccc2c1. The Hall–Kier alpha value is -2.32. The summed E-state index contributed by atoms with van der Waals surface area (Å²) in [5, 5.41) is 5.86. The average Bonchev–Trinajstić information content (AvgIpc) is 2.51. The van der Waals surface area contributed by atoms with Gasteiger partial charge in [-0.15, -0.1) is 0 Å². The highest BCUT2D eigenvalue weighted by molar-refractivity contribution is 6.31. The molecule has 0 aromatic heterocycles. The number of rotatable bonds is 3. The van der Waals surface area contributed by atoms with E-state index in [1.54, 1.807) is 6.07 Å². The van der Waals surface area contributed by atoms with Gasteiger partial charge in [-0.05, 0) is 41.0 Å². The van der Waals surface area contributed by atoms with Crippen LogP contribution < -0.4 is 5.32 Å². The van der Waals surface area contributed by atoms with Gasteiger partial charge in [-0.25, -0.2) is 0 Å². The van der Waals surface area contributed by atoms with Gasteiger partial charge in [-0.2, -0.15) is 0 Å². The second-order valence-corrected chi connectivity index (χ2v) is 5.80. The Morgan fingerprint density at radius 2 is 1.77 bits per heavy atom. The van der Waals surface area contributed by atoms with E-state index >= 15 is 0 Å². The summed E-state index contributed by atoms with van der Waals surface area (Å²) in [4.78, 5) is 12.2. The van der Waals surface area contributed by atoms with Gasteiger partial charge in [0.05, 0.1) is 6.42 Å². The maximum atomic E-state index is 12.2. The van der Waals surface area contributed by atoms with E-state index in [4.69, 9.17) is 11.6 Å². The Morgan fingerprint density at radius 1 is 1.00 bits per heavy atom. The molecule has 3 aromatic rings. The van der Waals surface area contributed by atoms with Crippen molar-refractivity contribution in [2.75, 3.05) is 5.32 Å². The number of benzene rings is 3. The first-order valence-electron chi connectivity index (χ1n) is 7.15. The average molecular weight is 310 g/mol. The fourth-order valence-corrected chi connectivity index (χ4v) is 2.63. The van der Waals surface area contributed by atoms with Crippen LogP contribution in [-0.4, -0.2) is 5.91 Å². The number of aryl methyl sites for hydroxylation is 1. The monoisotopic (exact) mass is 309 g/mol. The summed E-state index contributed by atoms with van der Waals surface area (Å²) in [5.41, 5.74) is 2.76. The van der Waals surface area contributed by atoms with Crippen LogP contribution in [0.4, 0.5) is 5.69 Å². The molecule has 1 N–H and O–H groups in total. The van der Waals surface area contributed by atoms with Crippen molar-refractivity contribution in [1.29, 1.82) is 0 Å². The lowest BCUT2D eigenvalue weighted by molar-refractivity contribution is -0.115. The van der Waals surface area contributed by atoms with Crippen LogP contribution in [0.5, 0.6) is 0 Å². The van der Waals surface area contributed by atoms with Gasteiger partial charge in [0.1, 0.15) is 0 Å². The predicted molar refractivity (Wildman–Crippen MR) is 92.5 cm³/mol. The molecule has 22 heavy (non-hydrogen) atoms. The van der Waals surface area contributed by atoms with Gasteiger partial charge in [0, 0.05) is 10.7 Å². The van der Waals surface area contributed by atoms with E-state index in [1.807, 2.05) is 43.3 Å². The van der Waals surface area contributed by atoms with Gasteiger partial charge < -0.3 is 5.32 Å². The van der Waals surface area contributed by atoms with Gasteiger partial charge in [0.2, 0.25) is 5.91 Å². The summed E-state index contributed by atoms with van der Waals surface area (Å²) in [6, 6.07) is 19.7. The number of carbonyl (C=O) groups is 1. The van der Waals surface area contributed by atoms with Gasteiger partial charge in [-0.1, -0.05) is 60.1 Å². The zero-order valence-electron chi connectivity index (χ0n) is 12.3. The topological polar surface area (TPSA) is 29.1 Å². The zero-order chi connectivity index (χ0) is 15.5. The maximum Gasteiger partial charge on any atom is 0.228 e. The standard InChI is InChI=1S/C19H16ClNO/c1-13-6-9-17(20)12-18(13)21-19(22)11-14-7-8-15-4-2-3-5-16(15)10-14/h2-10,12H,11H2,1H3,(H,21,22). The summed E-state index contributed by atoms with van der Waals surface area (Å²) in [5.74, 6) is -0.0411. The van der Waals surface area contributed by atoms with Gasteiger partial charge in [-0.3, -0.25) is 4.79 Å². The van der Waals surface area contributed by atoms with Crippen molar-refractivity contribution in [3.8, 4) is 0 Å². The highest BCUT2D eigenvalue weighted by atomic mass is 35.5. The molecule has 0 heterocycles. The fraction of sp³-hybridized carbons (Fsp3) is 0.105. The molecule has 0 bridgehead atoms. The van der Waals surface area contributed by atoms with Crippen LogP contribution in [0.1, 0.15) is 11.1 Å². The molecule has 2 nitrogen and oxygen atoms in total. The van der Waals surface area contributed by atoms with Crippen molar-refractivity contribution < 1.29 is 4.79 Å². The van der Waals surface area contributed by atoms with Crippen LogP contribution in [0.3, 0.4) is 0 Å². The quantitative estimate of drug-likeness (QED) is 0.726. The summed E-state index contributed by atoms with van der Waals surface area (Å²) in [7, 11) is 0. The molecule has 110 valence electrons. The summed E-state index contributed by atoms with van der Waals surface area (Å²) >= 11 is 5.97. The highest BCUT2D eigenvalue weighted by Gasteiger charge is 2.07. The summed E-state index contributed by atoms with van der Waals surface area (Å²) < 4.78 is 0. The molecular weight excluding hydrogens is 294 g/mol. The van der Waals surface area contributed by atoms with Crippen LogP contribution in [-0.2, 0) is 11.2 Å². The van der Waals surface area contributed by atoms with E-state index in [0.717, 1.165) is 22.2 Å². The molecule has 0 spiro atoms. The van der Waals surface area contributed by atoms with Crippen LogP contribution in [0.25, 0.3) is 10.8 Å². The summed E-state index contributed by atoms with van der Waals surface area (Å²) in [6.07, 6.45) is 0.344.